The van der Waals surface area contributed by atoms with Crippen molar-refractivity contribution in [2.75, 3.05) is 6.26 Å². The average Bonchev–Trinajstić information content (AvgIpc) is 2.01. The van der Waals surface area contributed by atoms with Crippen molar-refractivity contribution >= 4 is 16.0 Å². The minimum absolute atomic E-state index is 0.0760. The van der Waals surface area contributed by atoms with E-state index >= 15 is 0 Å². The summed E-state index contributed by atoms with van der Waals surface area (Å²) in [6.45, 7) is 0. The predicted molar refractivity (Wildman–Crippen MR) is 46.0 cm³/mol. The number of carboxylic acid groups (broad SMARTS) is 1. The molecule has 1 aromatic heterocycles. The van der Waals surface area contributed by atoms with E-state index < -0.39 is 16.0 Å². The van der Waals surface area contributed by atoms with Crippen LogP contribution in [0.5, 0.6) is 5.75 Å². The first-order chi connectivity index (χ1) is 6.39. The average molecular weight is 217 g/mol. The topological polar surface area (TPSA) is 93.6 Å². The molecule has 0 unspecified atom stereocenters. The number of hydrogen-bond donors (Lipinski definition) is 1. The molecular weight excluding hydrogens is 210 g/mol. The molecule has 1 N–H and O–H groups in total. The van der Waals surface area contributed by atoms with Crippen LogP contribution in [0.3, 0.4) is 0 Å². The van der Waals surface area contributed by atoms with Crippen molar-refractivity contribution in [2.45, 2.75) is 5.03 Å². The normalized spacial score (nSPS) is 10.9. The molecule has 0 aliphatic heterocycles. The zero-order valence-electron chi connectivity index (χ0n) is 7.17. The molecule has 14 heavy (non-hydrogen) atoms. The van der Waals surface area contributed by atoms with E-state index in [0.29, 0.717) is 0 Å². The van der Waals surface area contributed by atoms with Crippen LogP contribution in [0.2, 0.25) is 0 Å². The maximum Gasteiger partial charge on any atom is 0.511 e. The van der Waals surface area contributed by atoms with Gasteiger partial charge in [-0.05, 0) is 6.07 Å². The largest absolute Gasteiger partial charge is 0.511 e. The maximum atomic E-state index is 11.0. The van der Waals surface area contributed by atoms with Crippen LogP contribution in [-0.2, 0) is 9.84 Å². The molecule has 76 valence electrons. The fraction of sp³-hybridized carbons (Fsp3) is 0.143. The monoisotopic (exact) mass is 217 g/mol. The van der Waals surface area contributed by atoms with Crippen molar-refractivity contribution in [3.8, 4) is 5.75 Å². The summed E-state index contributed by atoms with van der Waals surface area (Å²) < 4.78 is 26.3. The number of ether oxygens (including phenoxy) is 1. The lowest BCUT2D eigenvalue weighted by Crippen LogP contribution is -2.05. The molecule has 1 heterocycles. The van der Waals surface area contributed by atoms with Gasteiger partial charge in [0.25, 0.3) is 0 Å². The number of aromatic nitrogens is 1. The fourth-order valence-electron chi connectivity index (χ4n) is 0.758. The summed E-state index contributed by atoms with van der Waals surface area (Å²) in [5.41, 5.74) is 0. The smallest absolute Gasteiger partial charge is 0.449 e. The molecule has 0 aromatic carbocycles. The maximum absolute atomic E-state index is 11.0. The molecule has 0 amide bonds. The molecule has 0 fully saturated rings. The van der Waals surface area contributed by atoms with Crippen LogP contribution in [0.25, 0.3) is 0 Å². The summed E-state index contributed by atoms with van der Waals surface area (Å²) in [4.78, 5) is 13.7. The third-order valence-electron chi connectivity index (χ3n) is 1.29. The lowest BCUT2D eigenvalue weighted by Gasteiger charge is -2.00. The van der Waals surface area contributed by atoms with E-state index in [9.17, 15) is 13.2 Å². The van der Waals surface area contributed by atoms with Gasteiger partial charge in [-0.15, -0.1) is 0 Å². The SMILES string of the molecule is CS(=O)(=O)c1cc(OC(=O)O)ccn1. The zero-order valence-corrected chi connectivity index (χ0v) is 7.98. The Morgan fingerprint density at radius 3 is 2.71 bits per heavy atom. The number of nitrogens with zero attached hydrogens (tertiary/aromatic N) is 1. The summed E-state index contributed by atoms with van der Waals surface area (Å²) in [7, 11) is -3.45. The van der Waals surface area contributed by atoms with E-state index in [4.69, 9.17) is 5.11 Å². The van der Waals surface area contributed by atoms with E-state index in [2.05, 4.69) is 9.72 Å². The Bertz CT molecular complexity index is 453. The molecule has 7 heteroatoms. The molecule has 0 aliphatic carbocycles. The van der Waals surface area contributed by atoms with Crippen molar-refractivity contribution in [1.82, 2.24) is 4.98 Å². The summed E-state index contributed by atoms with van der Waals surface area (Å²) in [6, 6.07) is 2.30. The third-order valence-corrected chi connectivity index (χ3v) is 2.27. The zero-order chi connectivity index (χ0) is 10.8. The third kappa shape index (κ3) is 2.70. The van der Waals surface area contributed by atoms with Gasteiger partial charge in [0.2, 0.25) is 0 Å². The molecule has 0 spiro atoms. The van der Waals surface area contributed by atoms with Gasteiger partial charge in [-0.25, -0.2) is 18.2 Å². The summed E-state index contributed by atoms with van der Waals surface area (Å²) >= 11 is 0. The minimum Gasteiger partial charge on any atom is -0.449 e. The van der Waals surface area contributed by atoms with Gasteiger partial charge >= 0.3 is 6.16 Å². The van der Waals surface area contributed by atoms with Gasteiger partial charge in [0.15, 0.2) is 14.9 Å². The Kier molecular flexibility index (Phi) is 2.70. The molecular formula is C7H7NO5S. The second-order valence-corrected chi connectivity index (χ2v) is 4.43. The highest BCUT2D eigenvalue weighted by atomic mass is 32.2. The number of carbonyl (C=O) groups is 1. The molecule has 1 rings (SSSR count). The Balaban J connectivity index is 3.08. The summed E-state index contributed by atoms with van der Waals surface area (Å²) in [5, 5.41) is 8.04. The van der Waals surface area contributed by atoms with Gasteiger partial charge in [0.05, 0.1) is 0 Å². The molecule has 0 bridgehead atoms. The van der Waals surface area contributed by atoms with Crippen LogP contribution in [-0.4, -0.2) is 30.9 Å². The molecule has 0 aliphatic rings. The first kappa shape index (κ1) is 10.5. The van der Waals surface area contributed by atoms with Gasteiger partial charge in [-0.3, -0.25) is 0 Å². The van der Waals surface area contributed by atoms with E-state index in [0.717, 1.165) is 18.5 Å². The second-order valence-electron chi connectivity index (χ2n) is 2.47. The number of rotatable bonds is 2. The Morgan fingerprint density at radius 1 is 1.57 bits per heavy atom. The molecule has 1 aromatic rings. The summed E-state index contributed by atoms with van der Waals surface area (Å²) in [6.07, 6.45) is 0.629. The van der Waals surface area contributed by atoms with Crippen molar-refractivity contribution in [3.05, 3.63) is 18.3 Å². The Labute approximate surface area is 80.1 Å². The molecule has 0 saturated carbocycles. The quantitative estimate of drug-likeness (QED) is 0.726. The minimum atomic E-state index is -3.45. The van der Waals surface area contributed by atoms with Gasteiger partial charge in [0.1, 0.15) is 5.75 Å². The van der Waals surface area contributed by atoms with Gasteiger partial charge in [-0.1, -0.05) is 0 Å². The first-order valence-electron chi connectivity index (χ1n) is 3.46. The highest BCUT2D eigenvalue weighted by Crippen LogP contribution is 2.14. The Morgan fingerprint density at radius 2 is 2.21 bits per heavy atom. The number of pyridine rings is 1. The van der Waals surface area contributed by atoms with E-state index in [1.54, 1.807) is 0 Å². The predicted octanol–water partition coefficient (Wildman–Crippen LogP) is 0.542. The van der Waals surface area contributed by atoms with Crippen molar-refractivity contribution in [1.29, 1.82) is 0 Å². The molecule has 0 radical (unpaired) electrons. The first-order valence-corrected chi connectivity index (χ1v) is 5.35. The number of hydrogen-bond acceptors (Lipinski definition) is 5. The molecule has 0 atom stereocenters. The highest BCUT2D eigenvalue weighted by molar-refractivity contribution is 7.90. The molecule has 6 nitrogen and oxygen atoms in total. The van der Waals surface area contributed by atoms with Crippen molar-refractivity contribution in [2.24, 2.45) is 0 Å². The van der Waals surface area contributed by atoms with E-state index in [-0.39, 0.29) is 10.8 Å². The van der Waals surface area contributed by atoms with Gasteiger partial charge in [0, 0.05) is 18.5 Å². The van der Waals surface area contributed by atoms with E-state index in [1.165, 1.54) is 6.07 Å². The second kappa shape index (κ2) is 3.62. The van der Waals surface area contributed by atoms with Crippen LogP contribution < -0.4 is 4.74 Å². The van der Waals surface area contributed by atoms with Crippen LogP contribution in [0.4, 0.5) is 4.79 Å². The van der Waals surface area contributed by atoms with Gasteiger partial charge in [-0.2, -0.15) is 0 Å². The highest BCUT2D eigenvalue weighted by Gasteiger charge is 2.10. The van der Waals surface area contributed by atoms with Crippen LogP contribution in [0.1, 0.15) is 0 Å². The van der Waals surface area contributed by atoms with Crippen molar-refractivity contribution < 1.29 is 23.1 Å². The van der Waals surface area contributed by atoms with Gasteiger partial charge < -0.3 is 9.84 Å². The summed E-state index contributed by atoms with van der Waals surface area (Å²) in [5.74, 6) is -0.0760. The molecule has 0 saturated heterocycles. The Hall–Kier alpha value is -1.63. The van der Waals surface area contributed by atoms with Crippen LogP contribution in [0.15, 0.2) is 23.4 Å². The fourth-order valence-corrected chi connectivity index (χ4v) is 1.34. The van der Waals surface area contributed by atoms with E-state index in [1.807, 2.05) is 0 Å². The number of sulfone groups is 1. The lowest BCUT2D eigenvalue weighted by atomic mass is 10.5. The lowest BCUT2D eigenvalue weighted by molar-refractivity contribution is 0.144. The van der Waals surface area contributed by atoms with Crippen LogP contribution >= 0.6 is 0 Å². The van der Waals surface area contributed by atoms with Crippen molar-refractivity contribution in [3.63, 3.8) is 0 Å². The standard InChI is InChI=1S/C7H7NO5S/c1-14(11,12)6-4-5(2-3-8-6)13-7(9)10/h2-4H,1H3,(H,9,10). The van der Waals surface area contributed by atoms with Crippen LogP contribution in [0, 0.1) is 0 Å².